The molecule has 0 saturated carbocycles. The molecule has 0 radical (unpaired) electrons. The highest BCUT2D eigenvalue weighted by atomic mass is 32.2. The highest BCUT2D eigenvalue weighted by molar-refractivity contribution is 7.99. The first-order chi connectivity index (χ1) is 13.6. The number of nitrogens with one attached hydrogen (secondary N) is 2. The van der Waals surface area contributed by atoms with Crippen molar-refractivity contribution in [2.75, 3.05) is 36.5 Å². The molecule has 0 atom stereocenters. The maximum absolute atomic E-state index is 12.3. The number of anilines is 1. The second-order valence-electron chi connectivity index (χ2n) is 7.03. The zero-order valence-electron chi connectivity index (χ0n) is 16.2. The van der Waals surface area contributed by atoms with Crippen LogP contribution >= 0.6 is 11.8 Å². The summed E-state index contributed by atoms with van der Waals surface area (Å²) < 4.78 is 0. The van der Waals surface area contributed by atoms with E-state index in [0.717, 1.165) is 36.4 Å². The van der Waals surface area contributed by atoms with Gasteiger partial charge in [-0.15, -0.1) is 0 Å². The van der Waals surface area contributed by atoms with E-state index in [4.69, 9.17) is 0 Å². The van der Waals surface area contributed by atoms with Crippen LogP contribution in [0.25, 0.3) is 0 Å². The number of thioether (sulfide) groups is 1. The Morgan fingerprint density at radius 2 is 1.75 bits per heavy atom. The van der Waals surface area contributed by atoms with E-state index in [-0.39, 0.29) is 24.8 Å². The van der Waals surface area contributed by atoms with Crippen molar-refractivity contribution in [3.8, 4) is 0 Å². The Hall–Kier alpha value is -2.31. The SMILES string of the molecule is Cc1ccc(CN2CCSCC2)cc1NC(=O)CNC(=O)Cc1ccccc1. The fourth-order valence-electron chi connectivity index (χ4n) is 3.14. The van der Waals surface area contributed by atoms with E-state index < -0.39 is 0 Å². The molecule has 0 aromatic heterocycles. The number of hydrogen-bond acceptors (Lipinski definition) is 4. The Labute approximate surface area is 170 Å². The maximum atomic E-state index is 12.3. The summed E-state index contributed by atoms with van der Waals surface area (Å²) in [6.07, 6.45) is 0.275. The zero-order chi connectivity index (χ0) is 19.8. The van der Waals surface area contributed by atoms with Crippen LogP contribution in [0, 0.1) is 6.92 Å². The molecule has 0 unspecified atom stereocenters. The minimum atomic E-state index is -0.212. The Morgan fingerprint density at radius 1 is 1.00 bits per heavy atom. The van der Waals surface area contributed by atoms with Gasteiger partial charge >= 0.3 is 0 Å². The molecular weight excluding hydrogens is 370 g/mol. The standard InChI is InChI=1S/C22H27N3O2S/c1-17-7-8-19(16-25-9-11-28-12-10-25)13-20(17)24-22(27)15-23-21(26)14-18-5-3-2-4-6-18/h2-8,13H,9-12,14-16H2,1H3,(H,23,26)(H,24,27). The third-order valence-corrected chi connectivity index (χ3v) is 5.68. The summed E-state index contributed by atoms with van der Waals surface area (Å²) in [5.41, 5.74) is 3.95. The summed E-state index contributed by atoms with van der Waals surface area (Å²) in [5.74, 6) is 1.99. The topological polar surface area (TPSA) is 61.4 Å². The van der Waals surface area contributed by atoms with Crippen molar-refractivity contribution in [1.82, 2.24) is 10.2 Å². The van der Waals surface area contributed by atoms with Gasteiger partial charge in [0, 0.05) is 36.8 Å². The van der Waals surface area contributed by atoms with E-state index in [2.05, 4.69) is 21.6 Å². The van der Waals surface area contributed by atoms with Gasteiger partial charge in [0.2, 0.25) is 11.8 Å². The molecule has 2 amide bonds. The average Bonchev–Trinajstić information content (AvgIpc) is 2.70. The molecule has 6 heteroatoms. The number of carbonyl (C=O) groups is 2. The molecule has 1 fully saturated rings. The summed E-state index contributed by atoms with van der Waals surface area (Å²) in [6, 6.07) is 15.7. The molecule has 1 heterocycles. The number of rotatable bonds is 7. The van der Waals surface area contributed by atoms with E-state index in [1.807, 2.05) is 61.2 Å². The Bertz CT molecular complexity index is 805. The van der Waals surface area contributed by atoms with Gasteiger partial charge < -0.3 is 10.6 Å². The van der Waals surface area contributed by atoms with Crippen LogP contribution in [-0.2, 0) is 22.6 Å². The number of amides is 2. The van der Waals surface area contributed by atoms with Crippen LogP contribution in [-0.4, -0.2) is 47.9 Å². The number of benzene rings is 2. The molecule has 1 aliphatic rings. The van der Waals surface area contributed by atoms with E-state index >= 15 is 0 Å². The van der Waals surface area contributed by atoms with Gasteiger partial charge in [-0.3, -0.25) is 14.5 Å². The van der Waals surface area contributed by atoms with E-state index in [1.165, 1.54) is 17.1 Å². The van der Waals surface area contributed by atoms with Crippen LogP contribution in [0.15, 0.2) is 48.5 Å². The van der Waals surface area contributed by atoms with Crippen molar-refractivity contribution < 1.29 is 9.59 Å². The van der Waals surface area contributed by atoms with Crippen molar-refractivity contribution in [3.63, 3.8) is 0 Å². The van der Waals surface area contributed by atoms with Crippen LogP contribution in [0.2, 0.25) is 0 Å². The van der Waals surface area contributed by atoms with Gasteiger partial charge in [-0.1, -0.05) is 42.5 Å². The Kier molecular flexibility index (Phi) is 7.51. The number of carbonyl (C=O) groups excluding carboxylic acids is 2. The van der Waals surface area contributed by atoms with Crippen molar-refractivity contribution in [2.24, 2.45) is 0 Å². The molecule has 2 aromatic carbocycles. The monoisotopic (exact) mass is 397 g/mol. The molecule has 2 N–H and O–H groups in total. The normalized spacial score (nSPS) is 14.5. The van der Waals surface area contributed by atoms with Crippen molar-refractivity contribution in [1.29, 1.82) is 0 Å². The third-order valence-electron chi connectivity index (χ3n) is 4.74. The minimum absolute atomic E-state index is 0.0291. The number of aryl methyl sites for hydroxylation is 1. The van der Waals surface area contributed by atoms with Crippen molar-refractivity contribution in [3.05, 3.63) is 65.2 Å². The summed E-state index contributed by atoms with van der Waals surface area (Å²) in [5, 5.41) is 5.62. The first-order valence-electron chi connectivity index (χ1n) is 9.60. The number of hydrogen-bond donors (Lipinski definition) is 2. The first-order valence-corrected chi connectivity index (χ1v) is 10.8. The molecule has 0 spiro atoms. The fraction of sp³-hybridized carbons (Fsp3) is 0.364. The third kappa shape index (κ3) is 6.39. The van der Waals surface area contributed by atoms with Gasteiger partial charge in [0.05, 0.1) is 13.0 Å². The molecule has 2 aromatic rings. The van der Waals surface area contributed by atoms with E-state index in [9.17, 15) is 9.59 Å². The summed E-state index contributed by atoms with van der Waals surface area (Å²) >= 11 is 2.00. The quantitative estimate of drug-likeness (QED) is 0.754. The summed E-state index contributed by atoms with van der Waals surface area (Å²) in [6.45, 7) is 5.06. The maximum Gasteiger partial charge on any atom is 0.243 e. The molecule has 148 valence electrons. The second kappa shape index (κ2) is 10.3. The van der Waals surface area contributed by atoms with Gasteiger partial charge in [-0.2, -0.15) is 11.8 Å². The minimum Gasteiger partial charge on any atom is -0.347 e. The highest BCUT2D eigenvalue weighted by Gasteiger charge is 2.12. The molecular formula is C22H27N3O2S. The van der Waals surface area contributed by atoms with Crippen LogP contribution < -0.4 is 10.6 Å². The van der Waals surface area contributed by atoms with Gasteiger partial charge in [0.1, 0.15) is 0 Å². The summed E-state index contributed by atoms with van der Waals surface area (Å²) in [7, 11) is 0. The van der Waals surface area contributed by atoms with Crippen molar-refractivity contribution >= 4 is 29.3 Å². The average molecular weight is 398 g/mol. The lowest BCUT2D eigenvalue weighted by Gasteiger charge is -2.26. The molecule has 0 bridgehead atoms. The van der Waals surface area contributed by atoms with Gasteiger partial charge in [0.15, 0.2) is 0 Å². The summed E-state index contributed by atoms with van der Waals surface area (Å²) in [4.78, 5) is 26.7. The second-order valence-corrected chi connectivity index (χ2v) is 8.25. The predicted octanol–water partition coefficient (Wildman–Crippen LogP) is 2.84. The lowest BCUT2D eigenvalue weighted by Crippen LogP contribution is -2.34. The van der Waals surface area contributed by atoms with Gasteiger partial charge in [-0.05, 0) is 29.7 Å². The van der Waals surface area contributed by atoms with Crippen LogP contribution in [0.3, 0.4) is 0 Å². The molecule has 1 saturated heterocycles. The lowest BCUT2D eigenvalue weighted by molar-refractivity contribution is -0.123. The van der Waals surface area contributed by atoms with Crippen LogP contribution in [0.5, 0.6) is 0 Å². The molecule has 5 nitrogen and oxygen atoms in total. The molecule has 3 rings (SSSR count). The van der Waals surface area contributed by atoms with Gasteiger partial charge in [0.25, 0.3) is 0 Å². The largest absolute Gasteiger partial charge is 0.347 e. The van der Waals surface area contributed by atoms with E-state index in [0.29, 0.717) is 0 Å². The van der Waals surface area contributed by atoms with Crippen LogP contribution in [0.1, 0.15) is 16.7 Å². The van der Waals surface area contributed by atoms with E-state index in [1.54, 1.807) is 0 Å². The molecule has 0 aliphatic carbocycles. The smallest absolute Gasteiger partial charge is 0.243 e. The highest BCUT2D eigenvalue weighted by Crippen LogP contribution is 2.19. The van der Waals surface area contributed by atoms with Crippen molar-refractivity contribution in [2.45, 2.75) is 19.9 Å². The van der Waals surface area contributed by atoms with Crippen LogP contribution in [0.4, 0.5) is 5.69 Å². The molecule has 1 aliphatic heterocycles. The lowest BCUT2D eigenvalue weighted by atomic mass is 10.1. The zero-order valence-corrected chi connectivity index (χ0v) is 17.1. The predicted molar refractivity (Wildman–Crippen MR) is 116 cm³/mol. The fourth-order valence-corrected chi connectivity index (χ4v) is 4.12. The molecule has 28 heavy (non-hydrogen) atoms. The first kappa shape index (κ1) is 20.4. The Morgan fingerprint density at radius 3 is 2.50 bits per heavy atom. The Balaban J connectivity index is 1.50. The van der Waals surface area contributed by atoms with Gasteiger partial charge in [-0.25, -0.2) is 0 Å². The number of nitrogens with zero attached hydrogens (tertiary/aromatic N) is 1.